The highest BCUT2D eigenvalue weighted by Gasteiger charge is 2.17. The Bertz CT molecular complexity index is 1640. The molecule has 0 amide bonds. The molecule has 0 aliphatic heterocycles. The normalized spacial score (nSPS) is 11.1. The molecular weight excluding hydrogens is 538 g/mol. The van der Waals surface area contributed by atoms with E-state index >= 15 is 0 Å². The predicted octanol–water partition coefficient (Wildman–Crippen LogP) is 5.47. The van der Waals surface area contributed by atoms with Crippen LogP contribution in [0, 0.1) is 0 Å². The third-order valence-electron chi connectivity index (χ3n) is 6.14. The fourth-order valence-corrected chi connectivity index (χ4v) is 4.61. The lowest BCUT2D eigenvalue weighted by molar-refractivity contribution is 0.306. The third kappa shape index (κ3) is 8.09. The summed E-state index contributed by atoms with van der Waals surface area (Å²) in [5.74, 6) is 1.84. The molecule has 0 bridgehead atoms. The quantitative estimate of drug-likeness (QED) is 0.192. The molecule has 5 aromatic rings. The average Bonchev–Trinajstić information content (AvgIpc) is 3.43. The van der Waals surface area contributed by atoms with E-state index in [-0.39, 0.29) is 11.9 Å². The van der Waals surface area contributed by atoms with Gasteiger partial charge in [0.1, 0.15) is 24.7 Å². The molecular formula is C31H31N5O4S. The number of hydrogen-bond donors (Lipinski definition) is 2. The topological polar surface area (TPSA) is 107 Å². The summed E-state index contributed by atoms with van der Waals surface area (Å²) in [5.41, 5.74) is 4.09. The molecule has 0 fully saturated rings. The maximum Gasteiger partial charge on any atom is 0.254 e. The van der Waals surface area contributed by atoms with Gasteiger partial charge >= 0.3 is 0 Å². The van der Waals surface area contributed by atoms with E-state index in [4.69, 9.17) is 9.47 Å². The highest BCUT2D eigenvalue weighted by molar-refractivity contribution is 7.89. The van der Waals surface area contributed by atoms with Crippen LogP contribution in [0.25, 0.3) is 0 Å². The van der Waals surface area contributed by atoms with Crippen molar-refractivity contribution >= 4 is 21.9 Å². The van der Waals surface area contributed by atoms with E-state index in [1.807, 2.05) is 109 Å². The monoisotopic (exact) mass is 569 g/mol. The molecule has 0 spiro atoms. The van der Waals surface area contributed by atoms with Gasteiger partial charge in [-0.1, -0.05) is 84.9 Å². The molecule has 41 heavy (non-hydrogen) atoms. The first-order valence-corrected chi connectivity index (χ1v) is 14.9. The molecule has 9 nitrogen and oxygen atoms in total. The Hall–Kier alpha value is -4.83. The third-order valence-corrected chi connectivity index (χ3v) is 7.02. The summed E-state index contributed by atoms with van der Waals surface area (Å²) >= 11 is 0. The van der Waals surface area contributed by atoms with Crippen LogP contribution >= 0.6 is 0 Å². The maximum atomic E-state index is 12.3. The van der Waals surface area contributed by atoms with Crippen molar-refractivity contribution in [2.45, 2.75) is 26.3 Å². The van der Waals surface area contributed by atoms with Gasteiger partial charge in [0.2, 0.25) is 11.9 Å². The van der Waals surface area contributed by atoms with Crippen LogP contribution in [0.4, 0.5) is 11.9 Å². The van der Waals surface area contributed by atoms with E-state index < -0.39 is 10.0 Å². The minimum atomic E-state index is -3.67. The Kier molecular flexibility index (Phi) is 8.80. The molecule has 0 radical (unpaired) electrons. The first-order chi connectivity index (χ1) is 19.9. The zero-order valence-electron chi connectivity index (χ0n) is 22.6. The Morgan fingerprint density at radius 1 is 0.634 bits per heavy atom. The number of hydrogen-bond acceptors (Lipinski definition) is 8. The van der Waals surface area contributed by atoms with Crippen LogP contribution in [0.1, 0.15) is 22.3 Å². The zero-order chi connectivity index (χ0) is 28.5. The van der Waals surface area contributed by atoms with Crippen molar-refractivity contribution < 1.29 is 17.9 Å². The summed E-state index contributed by atoms with van der Waals surface area (Å²) in [4.78, 5) is 4.37. The second-order valence-electron chi connectivity index (χ2n) is 9.41. The standard InChI is InChI=1S/C31H31N5O4S/c1-41(37,38)36-31(33-21-25-14-18-29(19-15-25)40-23-27-10-6-3-7-11-27)34-30(35-36)32-20-24-12-16-28(17-13-24)39-22-26-8-4-2-5-9-26/h2-19H,20-23H2,1H3,(H2,32,33,34,35). The van der Waals surface area contributed by atoms with Gasteiger partial charge in [0.05, 0.1) is 6.26 Å². The minimum absolute atomic E-state index is 0.129. The minimum Gasteiger partial charge on any atom is -0.489 e. The summed E-state index contributed by atoms with van der Waals surface area (Å²) < 4.78 is 37.3. The molecule has 2 N–H and O–H groups in total. The molecule has 0 unspecified atom stereocenters. The van der Waals surface area contributed by atoms with E-state index in [2.05, 4.69) is 20.7 Å². The van der Waals surface area contributed by atoms with Gasteiger partial charge in [-0.25, -0.2) is 8.42 Å². The molecule has 0 saturated carbocycles. The number of rotatable bonds is 13. The fourth-order valence-electron chi connectivity index (χ4n) is 3.96. The number of benzene rings is 4. The number of aromatic nitrogens is 3. The van der Waals surface area contributed by atoms with Crippen molar-refractivity contribution in [2.24, 2.45) is 0 Å². The smallest absolute Gasteiger partial charge is 0.254 e. The predicted molar refractivity (Wildman–Crippen MR) is 159 cm³/mol. The molecule has 0 atom stereocenters. The lowest BCUT2D eigenvalue weighted by Gasteiger charge is -2.09. The first kappa shape index (κ1) is 27.7. The van der Waals surface area contributed by atoms with Gasteiger partial charge in [0, 0.05) is 13.1 Å². The number of nitrogens with one attached hydrogen (secondary N) is 2. The van der Waals surface area contributed by atoms with Gasteiger partial charge in [-0.2, -0.15) is 4.98 Å². The van der Waals surface area contributed by atoms with Crippen LogP contribution < -0.4 is 20.1 Å². The molecule has 210 valence electrons. The van der Waals surface area contributed by atoms with E-state index in [1.54, 1.807) is 0 Å². The largest absolute Gasteiger partial charge is 0.489 e. The molecule has 10 heteroatoms. The summed E-state index contributed by atoms with van der Waals surface area (Å²) in [7, 11) is -3.67. The van der Waals surface area contributed by atoms with Gasteiger partial charge in [0.25, 0.3) is 10.0 Å². The summed E-state index contributed by atoms with van der Waals surface area (Å²) in [5, 5.41) is 10.3. The van der Waals surface area contributed by atoms with E-state index in [1.165, 1.54) is 0 Å². The highest BCUT2D eigenvalue weighted by Crippen LogP contribution is 2.18. The van der Waals surface area contributed by atoms with Crippen molar-refractivity contribution in [3.05, 3.63) is 131 Å². The molecule has 0 saturated heterocycles. The highest BCUT2D eigenvalue weighted by atomic mass is 32.2. The first-order valence-electron chi connectivity index (χ1n) is 13.1. The van der Waals surface area contributed by atoms with E-state index in [0.29, 0.717) is 26.3 Å². The number of nitrogens with zero attached hydrogens (tertiary/aromatic N) is 3. The van der Waals surface area contributed by atoms with Crippen molar-refractivity contribution in [1.82, 2.24) is 14.2 Å². The second kappa shape index (κ2) is 13.0. The van der Waals surface area contributed by atoms with E-state index in [9.17, 15) is 8.42 Å². The maximum absolute atomic E-state index is 12.3. The van der Waals surface area contributed by atoms with Crippen LogP contribution in [-0.2, 0) is 36.3 Å². The van der Waals surface area contributed by atoms with Gasteiger partial charge in [0.15, 0.2) is 0 Å². The summed E-state index contributed by atoms with van der Waals surface area (Å²) in [6, 6.07) is 35.2. The molecule has 1 aromatic heterocycles. The Morgan fingerprint density at radius 3 is 1.56 bits per heavy atom. The molecule has 4 aromatic carbocycles. The fraction of sp³-hybridized carbons (Fsp3) is 0.161. The lowest BCUT2D eigenvalue weighted by Crippen LogP contribution is -2.16. The Labute approximate surface area is 239 Å². The van der Waals surface area contributed by atoms with Gasteiger partial charge in [-0.15, -0.1) is 9.19 Å². The Morgan fingerprint density at radius 2 is 1.10 bits per heavy atom. The van der Waals surface area contributed by atoms with Gasteiger partial charge < -0.3 is 20.1 Å². The zero-order valence-corrected chi connectivity index (χ0v) is 23.4. The molecule has 0 aliphatic carbocycles. The number of anilines is 2. The van der Waals surface area contributed by atoms with Gasteiger partial charge in [-0.3, -0.25) is 0 Å². The van der Waals surface area contributed by atoms with E-state index in [0.717, 1.165) is 44.1 Å². The molecule has 1 heterocycles. The lowest BCUT2D eigenvalue weighted by atomic mass is 10.2. The van der Waals surface area contributed by atoms with Crippen LogP contribution in [0.5, 0.6) is 11.5 Å². The van der Waals surface area contributed by atoms with Gasteiger partial charge in [-0.05, 0) is 46.5 Å². The van der Waals surface area contributed by atoms with Crippen LogP contribution in [0.15, 0.2) is 109 Å². The number of ether oxygens (including phenoxy) is 2. The van der Waals surface area contributed by atoms with Crippen molar-refractivity contribution in [1.29, 1.82) is 0 Å². The second-order valence-corrected chi connectivity index (χ2v) is 11.2. The van der Waals surface area contributed by atoms with Crippen LogP contribution in [0.2, 0.25) is 0 Å². The van der Waals surface area contributed by atoms with Crippen molar-refractivity contribution in [3.8, 4) is 11.5 Å². The van der Waals surface area contributed by atoms with Crippen molar-refractivity contribution in [2.75, 3.05) is 16.9 Å². The summed E-state index contributed by atoms with van der Waals surface area (Å²) in [6.07, 6.45) is 1.09. The summed E-state index contributed by atoms with van der Waals surface area (Å²) in [6.45, 7) is 1.75. The SMILES string of the molecule is CS(=O)(=O)n1nc(NCc2ccc(OCc3ccccc3)cc2)nc1NCc1ccc(OCc2ccccc2)cc1. The van der Waals surface area contributed by atoms with Crippen LogP contribution in [-0.4, -0.2) is 28.8 Å². The van der Waals surface area contributed by atoms with Crippen LogP contribution in [0.3, 0.4) is 0 Å². The Balaban J connectivity index is 1.15. The van der Waals surface area contributed by atoms with Crippen molar-refractivity contribution in [3.63, 3.8) is 0 Å². The molecule has 0 aliphatic rings. The molecule has 5 rings (SSSR count). The average molecular weight is 570 g/mol.